The Bertz CT molecular complexity index is 694. The van der Waals surface area contributed by atoms with Crippen LogP contribution in [0.5, 0.6) is 5.75 Å². The highest BCUT2D eigenvalue weighted by atomic mass is 16.5. The van der Waals surface area contributed by atoms with Crippen LogP contribution in [-0.4, -0.2) is 39.7 Å². The second-order valence-electron chi connectivity index (χ2n) is 5.29. The third kappa shape index (κ3) is 4.74. The molecule has 0 bridgehead atoms. The minimum absolute atomic E-state index is 0.118. The predicted octanol–water partition coefficient (Wildman–Crippen LogP) is 2.56. The van der Waals surface area contributed by atoms with Crippen LogP contribution >= 0.6 is 0 Å². The lowest BCUT2D eigenvalue weighted by atomic mass is 10.2. The molecule has 0 aliphatic rings. The van der Waals surface area contributed by atoms with E-state index < -0.39 is 5.97 Å². The normalized spacial score (nSPS) is 9.96. The van der Waals surface area contributed by atoms with Gasteiger partial charge in [0.15, 0.2) is 6.61 Å². The molecule has 6 heteroatoms. The topological polar surface area (TPSA) is 67.9 Å². The molecule has 0 fully saturated rings. The van der Waals surface area contributed by atoms with E-state index in [2.05, 4.69) is 10.1 Å². The SMILES string of the molecule is COC(=O)c1ccc(OCC(=O)Nc2ccc(N(C)C)cc2)cc1. The number of nitrogens with one attached hydrogen (secondary N) is 1. The second-order valence-corrected chi connectivity index (χ2v) is 5.29. The smallest absolute Gasteiger partial charge is 0.337 e. The second kappa shape index (κ2) is 8.01. The largest absolute Gasteiger partial charge is 0.484 e. The van der Waals surface area contributed by atoms with E-state index in [0.29, 0.717) is 17.0 Å². The van der Waals surface area contributed by atoms with Gasteiger partial charge in [-0.1, -0.05) is 0 Å². The lowest BCUT2D eigenvalue weighted by molar-refractivity contribution is -0.118. The average molecular weight is 328 g/mol. The van der Waals surface area contributed by atoms with Crippen LogP contribution < -0.4 is 15.0 Å². The zero-order chi connectivity index (χ0) is 17.5. The zero-order valence-corrected chi connectivity index (χ0v) is 13.9. The number of benzene rings is 2. The molecule has 0 spiro atoms. The van der Waals surface area contributed by atoms with E-state index in [0.717, 1.165) is 5.69 Å². The van der Waals surface area contributed by atoms with Crippen molar-refractivity contribution in [3.8, 4) is 5.75 Å². The Kier molecular flexibility index (Phi) is 5.78. The molecule has 24 heavy (non-hydrogen) atoms. The zero-order valence-electron chi connectivity index (χ0n) is 13.9. The van der Waals surface area contributed by atoms with Crippen molar-refractivity contribution in [3.05, 3.63) is 54.1 Å². The van der Waals surface area contributed by atoms with E-state index in [1.54, 1.807) is 24.3 Å². The van der Waals surface area contributed by atoms with Gasteiger partial charge in [0, 0.05) is 25.5 Å². The first-order valence-electron chi connectivity index (χ1n) is 7.38. The Hall–Kier alpha value is -3.02. The quantitative estimate of drug-likeness (QED) is 0.826. The molecule has 0 heterocycles. The summed E-state index contributed by atoms with van der Waals surface area (Å²) in [7, 11) is 5.22. The molecular formula is C18H20N2O4. The summed E-state index contributed by atoms with van der Waals surface area (Å²) in [6, 6.07) is 13.9. The molecule has 2 rings (SSSR count). The van der Waals surface area contributed by atoms with Crippen LogP contribution in [0.1, 0.15) is 10.4 Å². The summed E-state index contributed by atoms with van der Waals surface area (Å²) < 4.78 is 10.0. The molecule has 0 aliphatic carbocycles. The van der Waals surface area contributed by atoms with Gasteiger partial charge in [0.25, 0.3) is 5.91 Å². The summed E-state index contributed by atoms with van der Waals surface area (Å²) >= 11 is 0. The number of ether oxygens (including phenoxy) is 2. The lowest BCUT2D eigenvalue weighted by Crippen LogP contribution is -2.20. The molecule has 2 aromatic carbocycles. The highest BCUT2D eigenvalue weighted by Gasteiger charge is 2.07. The molecule has 0 saturated heterocycles. The fourth-order valence-corrected chi connectivity index (χ4v) is 1.99. The van der Waals surface area contributed by atoms with Crippen molar-refractivity contribution in [2.24, 2.45) is 0 Å². The number of amides is 1. The highest BCUT2D eigenvalue weighted by Crippen LogP contribution is 2.16. The molecule has 126 valence electrons. The van der Waals surface area contributed by atoms with Crippen molar-refractivity contribution in [2.75, 3.05) is 38.0 Å². The van der Waals surface area contributed by atoms with Crippen LogP contribution in [0.15, 0.2) is 48.5 Å². The summed E-state index contributed by atoms with van der Waals surface area (Å²) in [5.41, 5.74) is 2.18. The third-order valence-corrected chi connectivity index (χ3v) is 3.31. The van der Waals surface area contributed by atoms with Crippen LogP contribution in [0.3, 0.4) is 0 Å². The summed E-state index contributed by atoms with van der Waals surface area (Å²) in [6.45, 7) is -0.118. The minimum atomic E-state index is -0.416. The van der Waals surface area contributed by atoms with E-state index in [-0.39, 0.29) is 12.5 Å². The molecule has 0 saturated carbocycles. The summed E-state index contributed by atoms with van der Waals surface area (Å²) in [5.74, 6) is -0.175. The summed E-state index contributed by atoms with van der Waals surface area (Å²) in [4.78, 5) is 25.2. The molecule has 1 N–H and O–H groups in total. The summed E-state index contributed by atoms with van der Waals surface area (Å²) in [5, 5.41) is 2.76. The number of esters is 1. The van der Waals surface area contributed by atoms with Gasteiger partial charge >= 0.3 is 5.97 Å². The van der Waals surface area contributed by atoms with E-state index in [9.17, 15) is 9.59 Å². The maximum atomic E-state index is 11.9. The lowest BCUT2D eigenvalue weighted by Gasteiger charge is -2.13. The number of nitrogens with zero attached hydrogens (tertiary/aromatic N) is 1. The fourth-order valence-electron chi connectivity index (χ4n) is 1.99. The van der Waals surface area contributed by atoms with Gasteiger partial charge in [0.1, 0.15) is 5.75 Å². The van der Waals surface area contributed by atoms with Gasteiger partial charge in [-0.05, 0) is 48.5 Å². The van der Waals surface area contributed by atoms with Gasteiger partial charge in [0.05, 0.1) is 12.7 Å². The van der Waals surface area contributed by atoms with Crippen LogP contribution in [0.2, 0.25) is 0 Å². The number of anilines is 2. The molecule has 6 nitrogen and oxygen atoms in total. The van der Waals surface area contributed by atoms with Gasteiger partial charge in [-0.2, -0.15) is 0 Å². The molecule has 0 radical (unpaired) electrons. The van der Waals surface area contributed by atoms with Gasteiger partial charge in [-0.25, -0.2) is 4.79 Å². The first-order chi connectivity index (χ1) is 11.5. The fraction of sp³-hybridized carbons (Fsp3) is 0.222. The van der Waals surface area contributed by atoms with Crippen LogP contribution in [0.4, 0.5) is 11.4 Å². The molecule has 1 amide bonds. The van der Waals surface area contributed by atoms with Crippen LogP contribution in [0.25, 0.3) is 0 Å². The van der Waals surface area contributed by atoms with Crippen LogP contribution in [-0.2, 0) is 9.53 Å². The molecule has 0 aliphatic heterocycles. The molecule has 0 aromatic heterocycles. The molecular weight excluding hydrogens is 308 g/mol. The van der Waals surface area contributed by atoms with Gasteiger partial charge < -0.3 is 19.7 Å². The average Bonchev–Trinajstić information content (AvgIpc) is 2.60. The molecule has 2 aromatic rings. The maximum Gasteiger partial charge on any atom is 0.337 e. The standard InChI is InChI=1S/C18H20N2O4/c1-20(2)15-8-6-14(7-9-15)19-17(21)12-24-16-10-4-13(5-11-16)18(22)23-3/h4-11H,12H2,1-3H3,(H,19,21). The van der Waals surface area contributed by atoms with Crippen molar-refractivity contribution in [1.82, 2.24) is 0 Å². The Morgan fingerprint density at radius 1 is 1.00 bits per heavy atom. The van der Waals surface area contributed by atoms with E-state index in [1.807, 2.05) is 43.3 Å². The van der Waals surface area contributed by atoms with Crippen molar-refractivity contribution >= 4 is 23.3 Å². The monoisotopic (exact) mass is 328 g/mol. The number of hydrogen-bond donors (Lipinski definition) is 1. The summed E-state index contributed by atoms with van der Waals surface area (Å²) in [6.07, 6.45) is 0. The van der Waals surface area contributed by atoms with E-state index in [1.165, 1.54) is 7.11 Å². The Balaban J connectivity index is 1.85. The number of carbonyl (C=O) groups excluding carboxylic acids is 2. The van der Waals surface area contributed by atoms with Gasteiger partial charge in [-0.15, -0.1) is 0 Å². The Morgan fingerprint density at radius 3 is 2.17 bits per heavy atom. The number of methoxy groups -OCH3 is 1. The highest BCUT2D eigenvalue weighted by molar-refractivity contribution is 5.92. The minimum Gasteiger partial charge on any atom is -0.484 e. The van der Waals surface area contributed by atoms with Crippen LogP contribution in [0, 0.1) is 0 Å². The van der Waals surface area contributed by atoms with Crippen molar-refractivity contribution in [2.45, 2.75) is 0 Å². The maximum absolute atomic E-state index is 11.9. The van der Waals surface area contributed by atoms with E-state index in [4.69, 9.17) is 4.74 Å². The first kappa shape index (κ1) is 17.3. The van der Waals surface area contributed by atoms with Crippen molar-refractivity contribution in [3.63, 3.8) is 0 Å². The number of carbonyl (C=O) groups is 2. The van der Waals surface area contributed by atoms with Crippen molar-refractivity contribution < 1.29 is 19.1 Å². The van der Waals surface area contributed by atoms with Gasteiger partial charge in [0.2, 0.25) is 0 Å². The first-order valence-corrected chi connectivity index (χ1v) is 7.38. The molecule has 0 unspecified atom stereocenters. The third-order valence-electron chi connectivity index (χ3n) is 3.31. The van der Waals surface area contributed by atoms with E-state index >= 15 is 0 Å². The number of hydrogen-bond acceptors (Lipinski definition) is 5. The predicted molar refractivity (Wildman–Crippen MR) is 92.7 cm³/mol. The molecule has 0 atom stereocenters. The van der Waals surface area contributed by atoms with Gasteiger partial charge in [-0.3, -0.25) is 4.79 Å². The Morgan fingerprint density at radius 2 is 1.62 bits per heavy atom. The number of rotatable bonds is 6. The van der Waals surface area contributed by atoms with Crippen molar-refractivity contribution in [1.29, 1.82) is 0 Å². The Labute approximate surface area is 141 Å².